The van der Waals surface area contributed by atoms with E-state index in [0.29, 0.717) is 5.92 Å². The number of carbonyl (C=O) groups is 1. The first-order chi connectivity index (χ1) is 7.04. The molecule has 3 heteroatoms. The molecule has 0 radical (unpaired) electrons. The van der Waals surface area contributed by atoms with Gasteiger partial charge >= 0.3 is 0 Å². The number of amides is 1. The van der Waals surface area contributed by atoms with E-state index in [9.17, 15) is 4.79 Å². The van der Waals surface area contributed by atoms with Gasteiger partial charge in [-0.1, -0.05) is 26.7 Å². The number of hydrogen-bond donors (Lipinski definition) is 2. The molecular formula is C12H24N2O. The topological polar surface area (TPSA) is 55.1 Å². The lowest BCUT2D eigenvalue weighted by Gasteiger charge is -2.22. The van der Waals surface area contributed by atoms with Gasteiger partial charge in [0, 0.05) is 6.54 Å². The minimum absolute atomic E-state index is 0.0590. The number of hydrogen-bond acceptors (Lipinski definition) is 2. The first-order valence-electron chi connectivity index (χ1n) is 6.12. The fraction of sp³-hybridized carbons (Fsp3) is 0.917. The Labute approximate surface area is 92.8 Å². The molecule has 88 valence electrons. The van der Waals surface area contributed by atoms with Crippen LogP contribution >= 0.6 is 0 Å². The molecule has 1 rings (SSSR count). The van der Waals surface area contributed by atoms with Crippen LogP contribution in [0, 0.1) is 5.92 Å². The molecule has 1 aliphatic rings. The van der Waals surface area contributed by atoms with Gasteiger partial charge in [0.15, 0.2) is 0 Å². The quantitative estimate of drug-likeness (QED) is 0.683. The van der Waals surface area contributed by atoms with Gasteiger partial charge in [0.2, 0.25) is 5.91 Å². The van der Waals surface area contributed by atoms with Gasteiger partial charge in [-0.25, -0.2) is 0 Å². The summed E-state index contributed by atoms with van der Waals surface area (Å²) in [5.41, 5.74) is 5.47. The summed E-state index contributed by atoms with van der Waals surface area (Å²) in [7, 11) is 0. The third kappa shape index (κ3) is 3.82. The summed E-state index contributed by atoms with van der Waals surface area (Å²) >= 11 is 0. The van der Waals surface area contributed by atoms with Crippen LogP contribution in [0.4, 0.5) is 0 Å². The Morgan fingerprint density at radius 1 is 1.40 bits per heavy atom. The van der Waals surface area contributed by atoms with Crippen molar-refractivity contribution < 1.29 is 4.79 Å². The Morgan fingerprint density at radius 3 is 2.53 bits per heavy atom. The Morgan fingerprint density at radius 2 is 2.00 bits per heavy atom. The maximum Gasteiger partial charge on any atom is 0.240 e. The predicted molar refractivity (Wildman–Crippen MR) is 62.5 cm³/mol. The molecule has 1 saturated carbocycles. The summed E-state index contributed by atoms with van der Waals surface area (Å²) in [6.07, 6.45) is 6.11. The summed E-state index contributed by atoms with van der Waals surface area (Å²) in [6, 6.07) is 0. The van der Waals surface area contributed by atoms with Crippen molar-refractivity contribution in [3.63, 3.8) is 0 Å². The highest BCUT2D eigenvalue weighted by Crippen LogP contribution is 2.27. The van der Waals surface area contributed by atoms with E-state index in [-0.39, 0.29) is 5.91 Å². The second-order valence-electron chi connectivity index (χ2n) is 5.16. The average Bonchev–Trinajstić information content (AvgIpc) is 2.60. The van der Waals surface area contributed by atoms with E-state index in [1.165, 1.54) is 0 Å². The van der Waals surface area contributed by atoms with Crippen LogP contribution in [0.5, 0.6) is 0 Å². The maximum absolute atomic E-state index is 11.8. The van der Waals surface area contributed by atoms with E-state index in [0.717, 1.165) is 45.1 Å². The zero-order valence-corrected chi connectivity index (χ0v) is 10.0. The number of carbonyl (C=O) groups excluding carboxylic acids is 1. The summed E-state index contributed by atoms with van der Waals surface area (Å²) in [4.78, 5) is 11.8. The lowest BCUT2D eigenvalue weighted by Crippen LogP contribution is -2.52. The standard InChI is InChI=1S/C12H24N2O/c1-10(2)6-5-9-14-11(15)12(13)7-3-4-8-12/h10H,3-9,13H2,1-2H3,(H,14,15). The van der Waals surface area contributed by atoms with Gasteiger partial charge in [-0.3, -0.25) is 4.79 Å². The minimum atomic E-state index is -0.558. The molecule has 0 bridgehead atoms. The number of nitrogens with two attached hydrogens (primary N) is 1. The third-order valence-electron chi connectivity index (χ3n) is 3.19. The van der Waals surface area contributed by atoms with Crippen LogP contribution < -0.4 is 11.1 Å². The van der Waals surface area contributed by atoms with Crippen molar-refractivity contribution in [1.82, 2.24) is 5.32 Å². The molecule has 1 fully saturated rings. The van der Waals surface area contributed by atoms with Crippen LogP contribution in [-0.2, 0) is 4.79 Å². The lowest BCUT2D eigenvalue weighted by molar-refractivity contribution is -0.126. The van der Waals surface area contributed by atoms with Crippen molar-refractivity contribution in [3.05, 3.63) is 0 Å². The third-order valence-corrected chi connectivity index (χ3v) is 3.19. The fourth-order valence-corrected chi connectivity index (χ4v) is 2.12. The largest absolute Gasteiger partial charge is 0.355 e. The highest BCUT2D eigenvalue weighted by Gasteiger charge is 2.36. The van der Waals surface area contributed by atoms with E-state index < -0.39 is 5.54 Å². The molecule has 0 atom stereocenters. The van der Waals surface area contributed by atoms with Gasteiger partial charge in [0.25, 0.3) is 0 Å². The molecular weight excluding hydrogens is 188 g/mol. The average molecular weight is 212 g/mol. The molecule has 0 spiro atoms. The van der Waals surface area contributed by atoms with E-state index in [2.05, 4.69) is 19.2 Å². The van der Waals surface area contributed by atoms with E-state index in [4.69, 9.17) is 5.73 Å². The number of rotatable bonds is 5. The second kappa shape index (κ2) is 5.50. The van der Waals surface area contributed by atoms with Gasteiger partial charge in [-0.05, 0) is 31.6 Å². The lowest BCUT2D eigenvalue weighted by atomic mass is 9.98. The Bertz CT molecular complexity index is 208. The fourth-order valence-electron chi connectivity index (χ4n) is 2.12. The molecule has 0 unspecified atom stereocenters. The maximum atomic E-state index is 11.8. The van der Waals surface area contributed by atoms with Crippen LogP contribution in [-0.4, -0.2) is 18.0 Å². The first-order valence-corrected chi connectivity index (χ1v) is 6.12. The minimum Gasteiger partial charge on any atom is -0.355 e. The summed E-state index contributed by atoms with van der Waals surface area (Å²) in [6.45, 7) is 5.17. The Balaban J connectivity index is 2.18. The van der Waals surface area contributed by atoms with Crippen LogP contribution in [0.15, 0.2) is 0 Å². The molecule has 1 amide bonds. The van der Waals surface area contributed by atoms with Crippen molar-refractivity contribution in [3.8, 4) is 0 Å². The van der Waals surface area contributed by atoms with Gasteiger partial charge in [0.1, 0.15) is 0 Å². The molecule has 0 heterocycles. The summed E-state index contributed by atoms with van der Waals surface area (Å²) in [5.74, 6) is 0.768. The highest BCUT2D eigenvalue weighted by atomic mass is 16.2. The van der Waals surface area contributed by atoms with Crippen LogP contribution in [0.25, 0.3) is 0 Å². The van der Waals surface area contributed by atoms with E-state index in [1.54, 1.807) is 0 Å². The predicted octanol–water partition coefficient (Wildman–Crippen LogP) is 1.81. The summed E-state index contributed by atoms with van der Waals surface area (Å²) < 4.78 is 0. The van der Waals surface area contributed by atoms with Crippen molar-refractivity contribution in [2.45, 2.75) is 57.9 Å². The number of nitrogens with one attached hydrogen (secondary N) is 1. The second-order valence-corrected chi connectivity index (χ2v) is 5.16. The first kappa shape index (κ1) is 12.5. The molecule has 0 aromatic heterocycles. The van der Waals surface area contributed by atoms with Crippen molar-refractivity contribution in [1.29, 1.82) is 0 Å². The van der Waals surface area contributed by atoms with Crippen LogP contribution in [0.2, 0.25) is 0 Å². The highest BCUT2D eigenvalue weighted by molar-refractivity contribution is 5.86. The van der Waals surface area contributed by atoms with Crippen LogP contribution in [0.3, 0.4) is 0 Å². The van der Waals surface area contributed by atoms with Gasteiger partial charge in [0.05, 0.1) is 5.54 Å². The van der Waals surface area contributed by atoms with Gasteiger partial charge < -0.3 is 11.1 Å². The van der Waals surface area contributed by atoms with E-state index >= 15 is 0 Å². The van der Waals surface area contributed by atoms with Crippen molar-refractivity contribution >= 4 is 5.91 Å². The molecule has 3 nitrogen and oxygen atoms in total. The van der Waals surface area contributed by atoms with Crippen molar-refractivity contribution in [2.75, 3.05) is 6.54 Å². The molecule has 3 N–H and O–H groups in total. The Kier molecular flexibility index (Phi) is 4.58. The molecule has 15 heavy (non-hydrogen) atoms. The van der Waals surface area contributed by atoms with Gasteiger partial charge in [-0.2, -0.15) is 0 Å². The normalized spacial score (nSPS) is 19.5. The molecule has 1 aliphatic carbocycles. The molecule has 0 saturated heterocycles. The zero-order chi connectivity index (χ0) is 11.3. The monoisotopic (exact) mass is 212 g/mol. The van der Waals surface area contributed by atoms with Crippen LogP contribution in [0.1, 0.15) is 52.4 Å². The molecule has 0 aromatic rings. The summed E-state index contributed by atoms with van der Waals surface area (Å²) in [5, 5.41) is 2.96. The SMILES string of the molecule is CC(C)CCCNC(=O)C1(N)CCCC1. The van der Waals surface area contributed by atoms with Gasteiger partial charge in [-0.15, -0.1) is 0 Å². The zero-order valence-electron chi connectivity index (χ0n) is 10.0. The molecule has 0 aromatic carbocycles. The molecule has 0 aliphatic heterocycles. The Hall–Kier alpha value is -0.570. The van der Waals surface area contributed by atoms with Crippen molar-refractivity contribution in [2.24, 2.45) is 11.7 Å². The van der Waals surface area contributed by atoms with E-state index in [1.807, 2.05) is 0 Å². The smallest absolute Gasteiger partial charge is 0.240 e.